The lowest BCUT2D eigenvalue weighted by Gasteiger charge is -2.56. The van der Waals surface area contributed by atoms with Crippen LogP contribution in [0.2, 0.25) is 0 Å². The van der Waals surface area contributed by atoms with E-state index in [1.165, 1.54) is 44.1 Å². The summed E-state index contributed by atoms with van der Waals surface area (Å²) in [4.78, 5) is 12.2. The van der Waals surface area contributed by atoms with Gasteiger partial charge in [0.25, 0.3) is 0 Å². The summed E-state index contributed by atoms with van der Waals surface area (Å²) in [5.74, 6) is 2.83. The van der Waals surface area contributed by atoms with Gasteiger partial charge in [0.1, 0.15) is 0 Å². The molecule has 0 aromatic heterocycles. The van der Waals surface area contributed by atoms with E-state index in [4.69, 9.17) is 0 Å². The summed E-state index contributed by atoms with van der Waals surface area (Å²) in [5, 5.41) is 6.19. The number of hydrogen-bond acceptors (Lipinski definition) is 1. The second-order valence-corrected chi connectivity index (χ2v) is 9.32. The maximum Gasteiger partial charge on any atom is 0.314 e. The molecule has 3 nitrogen and oxygen atoms in total. The van der Waals surface area contributed by atoms with Crippen LogP contribution >= 0.6 is 15.9 Å². The Morgan fingerprint density at radius 1 is 1.00 bits per heavy atom. The molecular formula is C20H27BrN2O. The molecule has 4 saturated carbocycles. The second kappa shape index (κ2) is 6.70. The standard InChI is InChI=1S/C20H27BrN2O/c21-18-3-1-14(2-4-18)5-6-22-19(24)23-13-20-10-15-7-16(11-20)9-17(8-15)12-20/h1-4,15-17H,5-13H2,(H2,22,23,24). The zero-order valence-electron chi connectivity index (χ0n) is 14.2. The lowest BCUT2D eigenvalue weighted by atomic mass is 9.49. The van der Waals surface area contributed by atoms with Gasteiger partial charge >= 0.3 is 6.03 Å². The Bertz CT molecular complexity index is 563. The summed E-state index contributed by atoms with van der Waals surface area (Å²) in [5.41, 5.74) is 1.66. The Morgan fingerprint density at radius 3 is 2.17 bits per heavy atom. The van der Waals surface area contributed by atoms with Crippen LogP contribution in [0.1, 0.15) is 44.1 Å². The summed E-state index contributed by atoms with van der Waals surface area (Å²) >= 11 is 3.44. The molecule has 0 radical (unpaired) electrons. The minimum atomic E-state index is 0.00265. The molecule has 0 unspecified atom stereocenters. The number of urea groups is 1. The van der Waals surface area contributed by atoms with Crippen molar-refractivity contribution in [2.45, 2.75) is 44.9 Å². The van der Waals surface area contributed by atoms with Gasteiger partial charge in [-0.3, -0.25) is 0 Å². The molecular weight excluding hydrogens is 364 g/mol. The third kappa shape index (κ3) is 3.63. The van der Waals surface area contributed by atoms with Crippen LogP contribution in [0, 0.1) is 23.2 Å². The van der Waals surface area contributed by atoms with Gasteiger partial charge in [0.05, 0.1) is 0 Å². The molecule has 4 aliphatic rings. The van der Waals surface area contributed by atoms with Crippen LogP contribution in [0.15, 0.2) is 28.7 Å². The fourth-order valence-electron chi connectivity index (χ4n) is 5.81. The van der Waals surface area contributed by atoms with Crippen molar-refractivity contribution in [1.82, 2.24) is 10.6 Å². The van der Waals surface area contributed by atoms with Gasteiger partial charge < -0.3 is 10.6 Å². The van der Waals surface area contributed by atoms with Crippen LogP contribution in [0.3, 0.4) is 0 Å². The molecule has 5 rings (SSSR count). The highest BCUT2D eigenvalue weighted by Crippen LogP contribution is 2.59. The third-order valence-electron chi connectivity index (χ3n) is 6.40. The van der Waals surface area contributed by atoms with Crippen molar-refractivity contribution < 1.29 is 4.79 Å². The number of nitrogens with one attached hydrogen (secondary N) is 2. The highest BCUT2D eigenvalue weighted by molar-refractivity contribution is 9.10. The van der Waals surface area contributed by atoms with E-state index in [1.807, 2.05) is 12.1 Å². The van der Waals surface area contributed by atoms with E-state index in [9.17, 15) is 4.79 Å². The summed E-state index contributed by atoms with van der Waals surface area (Å²) in [6, 6.07) is 8.28. The summed E-state index contributed by atoms with van der Waals surface area (Å²) in [6.07, 6.45) is 9.28. The number of rotatable bonds is 5. The van der Waals surface area contributed by atoms with E-state index >= 15 is 0 Å². The molecule has 0 atom stereocenters. The Hall–Kier alpha value is -1.03. The molecule has 4 heteroatoms. The van der Waals surface area contributed by atoms with Crippen molar-refractivity contribution in [3.63, 3.8) is 0 Å². The Morgan fingerprint density at radius 2 is 1.58 bits per heavy atom. The first-order valence-corrected chi connectivity index (χ1v) is 10.2. The van der Waals surface area contributed by atoms with Gasteiger partial charge in [0.2, 0.25) is 0 Å². The molecule has 4 bridgehead atoms. The monoisotopic (exact) mass is 390 g/mol. The van der Waals surface area contributed by atoms with Gasteiger partial charge in [-0.25, -0.2) is 4.79 Å². The zero-order chi connectivity index (χ0) is 16.6. The third-order valence-corrected chi connectivity index (χ3v) is 6.93. The zero-order valence-corrected chi connectivity index (χ0v) is 15.8. The van der Waals surface area contributed by atoms with Crippen LogP contribution in [-0.2, 0) is 6.42 Å². The van der Waals surface area contributed by atoms with Gasteiger partial charge in [-0.15, -0.1) is 0 Å². The van der Waals surface area contributed by atoms with Gasteiger partial charge in [-0.2, -0.15) is 0 Å². The average molecular weight is 391 g/mol. The SMILES string of the molecule is O=C(NCCc1ccc(Br)cc1)NCC12CC3CC(CC(C3)C1)C2. The first kappa shape index (κ1) is 16.4. The van der Waals surface area contributed by atoms with Crippen LogP contribution in [0.5, 0.6) is 0 Å². The smallest absolute Gasteiger partial charge is 0.314 e. The molecule has 4 fully saturated rings. The van der Waals surface area contributed by atoms with Crippen molar-refractivity contribution in [3.8, 4) is 0 Å². The van der Waals surface area contributed by atoms with E-state index in [1.54, 1.807) is 0 Å². The normalized spacial score (nSPS) is 33.5. The van der Waals surface area contributed by atoms with Gasteiger partial charge in [0.15, 0.2) is 0 Å². The predicted octanol–water partition coefficient (Wildman–Crippen LogP) is 4.51. The molecule has 0 heterocycles. The first-order chi connectivity index (χ1) is 11.6. The van der Waals surface area contributed by atoms with Crippen LogP contribution < -0.4 is 10.6 Å². The van der Waals surface area contributed by atoms with E-state index in [0.717, 1.165) is 35.2 Å². The molecule has 0 aliphatic heterocycles. The quantitative estimate of drug-likeness (QED) is 0.762. The molecule has 2 amide bonds. The van der Waals surface area contributed by atoms with Gasteiger partial charge in [0, 0.05) is 17.6 Å². The maximum absolute atomic E-state index is 12.2. The van der Waals surface area contributed by atoms with Gasteiger partial charge in [-0.05, 0) is 85.8 Å². The summed E-state index contributed by atoms with van der Waals surface area (Å²) in [6.45, 7) is 1.56. The molecule has 4 aliphatic carbocycles. The topological polar surface area (TPSA) is 41.1 Å². The van der Waals surface area contributed by atoms with Crippen molar-refractivity contribution in [3.05, 3.63) is 34.3 Å². The maximum atomic E-state index is 12.2. The van der Waals surface area contributed by atoms with Gasteiger partial charge in [-0.1, -0.05) is 28.1 Å². The first-order valence-electron chi connectivity index (χ1n) is 9.36. The van der Waals surface area contributed by atoms with E-state index in [2.05, 4.69) is 38.7 Å². The van der Waals surface area contributed by atoms with Crippen LogP contribution in [0.4, 0.5) is 4.79 Å². The Labute approximate surface area is 153 Å². The number of carbonyl (C=O) groups is 1. The highest BCUT2D eigenvalue weighted by Gasteiger charge is 2.50. The molecule has 0 saturated heterocycles. The Balaban J connectivity index is 1.22. The lowest BCUT2D eigenvalue weighted by Crippen LogP contribution is -2.52. The van der Waals surface area contributed by atoms with Crippen molar-refractivity contribution >= 4 is 22.0 Å². The number of benzene rings is 1. The summed E-state index contributed by atoms with van der Waals surface area (Å²) < 4.78 is 1.09. The molecule has 24 heavy (non-hydrogen) atoms. The molecule has 0 spiro atoms. The van der Waals surface area contributed by atoms with E-state index in [-0.39, 0.29) is 6.03 Å². The van der Waals surface area contributed by atoms with Crippen LogP contribution in [0.25, 0.3) is 0 Å². The highest BCUT2D eigenvalue weighted by atomic mass is 79.9. The largest absolute Gasteiger partial charge is 0.338 e. The predicted molar refractivity (Wildman–Crippen MR) is 99.9 cm³/mol. The molecule has 1 aromatic rings. The minimum Gasteiger partial charge on any atom is -0.338 e. The lowest BCUT2D eigenvalue weighted by molar-refractivity contribution is -0.0498. The second-order valence-electron chi connectivity index (χ2n) is 8.40. The molecule has 1 aromatic carbocycles. The number of amides is 2. The number of halogens is 1. The average Bonchev–Trinajstić information content (AvgIpc) is 2.54. The van der Waals surface area contributed by atoms with Crippen molar-refractivity contribution in [1.29, 1.82) is 0 Å². The number of hydrogen-bond donors (Lipinski definition) is 2. The fourth-order valence-corrected chi connectivity index (χ4v) is 6.07. The van der Waals surface area contributed by atoms with Crippen LogP contribution in [-0.4, -0.2) is 19.1 Å². The van der Waals surface area contributed by atoms with Crippen molar-refractivity contribution in [2.75, 3.05) is 13.1 Å². The fraction of sp³-hybridized carbons (Fsp3) is 0.650. The van der Waals surface area contributed by atoms with Crippen molar-refractivity contribution in [2.24, 2.45) is 23.2 Å². The molecule has 2 N–H and O–H groups in total. The minimum absolute atomic E-state index is 0.00265. The summed E-state index contributed by atoms with van der Waals surface area (Å²) in [7, 11) is 0. The Kier molecular flexibility index (Phi) is 4.59. The molecule has 130 valence electrons. The van der Waals surface area contributed by atoms with E-state index < -0.39 is 0 Å². The van der Waals surface area contributed by atoms with E-state index in [0.29, 0.717) is 12.0 Å². The number of carbonyl (C=O) groups excluding carboxylic acids is 1.